The van der Waals surface area contributed by atoms with Crippen LogP contribution in [-0.4, -0.2) is 40.5 Å². The molecule has 17 heavy (non-hydrogen) atoms. The Kier molecular flexibility index (Phi) is 3.74. The second-order valence-corrected chi connectivity index (χ2v) is 6.33. The molecule has 0 saturated heterocycles. The van der Waals surface area contributed by atoms with Gasteiger partial charge in [-0.25, -0.2) is 0 Å². The third-order valence-electron chi connectivity index (χ3n) is 3.15. The maximum absolute atomic E-state index is 12.1. The lowest BCUT2D eigenvalue weighted by molar-refractivity contribution is -0.125. The first-order chi connectivity index (χ1) is 8.08. The molecule has 1 atom stereocenters. The summed E-state index contributed by atoms with van der Waals surface area (Å²) in [5.74, 6) is 0.0883. The van der Waals surface area contributed by atoms with Crippen LogP contribution in [0.25, 0.3) is 0 Å². The van der Waals surface area contributed by atoms with E-state index in [-0.39, 0.29) is 16.9 Å². The molecule has 0 aliphatic heterocycles. The molecular weight excluding hydrogens is 234 g/mol. The van der Waals surface area contributed by atoms with Crippen molar-refractivity contribution in [3.63, 3.8) is 0 Å². The first-order valence-electron chi connectivity index (χ1n) is 5.72. The van der Waals surface area contributed by atoms with Crippen molar-refractivity contribution in [2.75, 3.05) is 19.8 Å². The van der Waals surface area contributed by atoms with Crippen LogP contribution in [0.2, 0.25) is 0 Å². The van der Waals surface area contributed by atoms with Gasteiger partial charge in [0.2, 0.25) is 0 Å². The minimum absolute atomic E-state index is 0.0562. The van der Waals surface area contributed by atoms with Crippen LogP contribution in [0.4, 0.5) is 0 Å². The summed E-state index contributed by atoms with van der Waals surface area (Å²) in [6, 6.07) is 8.19. The van der Waals surface area contributed by atoms with Crippen LogP contribution in [0.3, 0.4) is 0 Å². The molecule has 0 aromatic heterocycles. The summed E-state index contributed by atoms with van der Waals surface area (Å²) in [6.07, 6.45) is 1.67. The fourth-order valence-corrected chi connectivity index (χ4v) is 3.54. The molecule has 1 amide bonds. The topological polar surface area (TPSA) is 43.4 Å². The fraction of sp³-hybridized carbons (Fsp3) is 0.462. The normalized spacial score (nSPS) is 16.6. The van der Waals surface area contributed by atoms with Crippen LogP contribution in [0, 0.1) is 0 Å². The minimum atomic E-state index is -1.06. The quantitative estimate of drug-likeness (QED) is 0.752. The number of fused-ring (bicyclic) bond motifs is 1. The lowest BCUT2D eigenvalue weighted by atomic mass is 10.1. The highest BCUT2D eigenvalue weighted by Crippen LogP contribution is 2.26. The first kappa shape index (κ1) is 12.5. The van der Waals surface area contributed by atoms with E-state index in [1.54, 1.807) is 14.1 Å². The lowest BCUT2D eigenvalue weighted by Gasteiger charge is -2.18. The van der Waals surface area contributed by atoms with E-state index in [1.165, 1.54) is 16.0 Å². The van der Waals surface area contributed by atoms with Gasteiger partial charge in [0.15, 0.2) is 5.75 Å². The van der Waals surface area contributed by atoms with Gasteiger partial charge in [0, 0.05) is 26.9 Å². The molecule has 0 saturated carbocycles. The van der Waals surface area contributed by atoms with Crippen molar-refractivity contribution >= 4 is 17.1 Å². The number of carbonyl (C=O) groups is 1. The summed E-state index contributed by atoms with van der Waals surface area (Å²) < 4.78 is 12.1. The van der Waals surface area contributed by atoms with Gasteiger partial charge in [0.05, 0.1) is 0 Å². The van der Waals surface area contributed by atoms with E-state index < -0.39 is 11.2 Å². The maximum Gasteiger partial charge on any atom is 0.271 e. The van der Waals surface area contributed by atoms with Gasteiger partial charge in [-0.05, 0) is 22.3 Å². The van der Waals surface area contributed by atoms with Crippen molar-refractivity contribution in [3.05, 3.63) is 35.4 Å². The standard InChI is InChI=1S/C13H17NO2S/c1-14(2)13(15)9-17(16)12-7-10-5-3-4-6-11(10)8-12/h3-6,12H,7-9H2,1-2H3. The molecule has 3 nitrogen and oxygen atoms in total. The van der Waals surface area contributed by atoms with Gasteiger partial charge < -0.3 is 9.45 Å². The summed E-state index contributed by atoms with van der Waals surface area (Å²) in [5.41, 5.74) is 2.56. The number of hydrogen-bond acceptors (Lipinski definition) is 2. The Balaban J connectivity index is 1.96. The van der Waals surface area contributed by atoms with Gasteiger partial charge in [0.25, 0.3) is 5.91 Å². The molecule has 1 aliphatic rings. The molecule has 0 radical (unpaired) electrons. The average Bonchev–Trinajstić information content (AvgIpc) is 2.72. The van der Waals surface area contributed by atoms with E-state index in [9.17, 15) is 9.35 Å². The third kappa shape index (κ3) is 2.82. The summed E-state index contributed by atoms with van der Waals surface area (Å²) >= 11 is -1.06. The molecular formula is C13H17NO2S. The molecule has 1 aromatic rings. The number of rotatable bonds is 3. The second kappa shape index (κ2) is 5.10. The number of nitrogens with zero attached hydrogens (tertiary/aromatic N) is 1. The lowest BCUT2D eigenvalue weighted by Crippen LogP contribution is -2.34. The van der Waals surface area contributed by atoms with Gasteiger partial charge in [-0.2, -0.15) is 0 Å². The molecule has 2 rings (SSSR count). The van der Waals surface area contributed by atoms with Crippen molar-refractivity contribution in [3.8, 4) is 0 Å². The van der Waals surface area contributed by atoms with Crippen LogP contribution < -0.4 is 0 Å². The predicted octanol–water partition coefficient (Wildman–Crippen LogP) is 0.991. The molecule has 4 heteroatoms. The predicted molar refractivity (Wildman–Crippen MR) is 69.3 cm³/mol. The van der Waals surface area contributed by atoms with E-state index in [1.807, 2.05) is 12.1 Å². The minimum Gasteiger partial charge on any atom is -0.616 e. The Labute approximate surface area is 105 Å². The van der Waals surface area contributed by atoms with E-state index >= 15 is 0 Å². The molecule has 1 unspecified atom stereocenters. The van der Waals surface area contributed by atoms with Crippen molar-refractivity contribution < 1.29 is 9.35 Å². The van der Waals surface area contributed by atoms with Gasteiger partial charge >= 0.3 is 0 Å². The number of hydrogen-bond donors (Lipinski definition) is 0. The SMILES string of the molecule is CN(C)C(=O)C[S+]([O-])C1Cc2ccccc2C1. The summed E-state index contributed by atoms with van der Waals surface area (Å²) in [7, 11) is 3.39. The summed E-state index contributed by atoms with van der Waals surface area (Å²) in [4.78, 5) is 13.0. The number of benzene rings is 1. The highest BCUT2D eigenvalue weighted by atomic mass is 32.2. The molecule has 0 heterocycles. The Morgan fingerprint density at radius 3 is 2.35 bits per heavy atom. The van der Waals surface area contributed by atoms with Gasteiger partial charge in [-0.3, -0.25) is 4.79 Å². The largest absolute Gasteiger partial charge is 0.616 e. The zero-order chi connectivity index (χ0) is 12.4. The van der Waals surface area contributed by atoms with E-state index in [2.05, 4.69) is 12.1 Å². The first-order valence-corrected chi connectivity index (χ1v) is 7.10. The molecule has 0 spiro atoms. The highest BCUT2D eigenvalue weighted by molar-refractivity contribution is 7.92. The van der Waals surface area contributed by atoms with Gasteiger partial charge in [0.1, 0.15) is 5.25 Å². The molecule has 0 bridgehead atoms. The third-order valence-corrected chi connectivity index (χ3v) is 4.76. The molecule has 1 aliphatic carbocycles. The Morgan fingerprint density at radius 2 is 1.88 bits per heavy atom. The zero-order valence-corrected chi connectivity index (χ0v) is 11.0. The Morgan fingerprint density at radius 1 is 1.35 bits per heavy atom. The smallest absolute Gasteiger partial charge is 0.271 e. The monoisotopic (exact) mass is 251 g/mol. The van der Waals surface area contributed by atoms with Gasteiger partial charge in [-0.15, -0.1) is 0 Å². The van der Waals surface area contributed by atoms with Gasteiger partial charge in [-0.1, -0.05) is 24.3 Å². The number of amides is 1. The Hall–Kier alpha value is -1.00. The van der Waals surface area contributed by atoms with Crippen molar-refractivity contribution in [1.82, 2.24) is 4.90 Å². The van der Waals surface area contributed by atoms with Crippen molar-refractivity contribution in [1.29, 1.82) is 0 Å². The van der Waals surface area contributed by atoms with Crippen LogP contribution in [-0.2, 0) is 28.8 Å². The molecule has 1 aromatic carbocycles. The summed E-state index contributed by atoms with van der Waals surface area (Å²) in [6.45, 7) is 0. The molecule has 0 N–H and O–H groups in total. The van der Waals surface area contributed by atoms with Crippen LogP contribution in [0.15, 0.2) is 24.3 Å². The maximum atomic E-state index is 12.1. The van der Waals surface area contributed by atoms with Crippen molar-refractivity contribution in [2.45, 2.75) is 18.1 Å². The van der Waals surface area contributed by atoms with Crippen LogP contribution in [0.5, 0.6) is 0 Å². The van der Waals surface area contributed by atoms with E-state index in [0.29, 0.717) is 0 Å². The average molecular weight is 251 g/mol. The molecule has 92 valence electrons. The van der Waals surface area contributed by atoms with Crippen LogP contribution in [0.1, 0.15) is 11.1 Å². The number of carbonyl (C=O) groups excluding carboxylic acids is 1. The molecule has 0 fully saturated rings. The highest BCUT2D eigenvalue weighted by Gasteiger charge is 2.31. The van der Waals surface area contributed by atoms with Crippen molar-refractivity contribution in [2.24, 2.45) is 0 Å². The van der Waals surface area contributed by atoms with E-state index in [4.69, 9.17) is 0 Å². The van der Waals surface area contributed by atoms with Crippen LogP contribution >= 0.6 is 0 Å². The van der Waals surface area contributed by atoms with E-state index in [0.717, 1.165) is 12.8 Å². The fourth-order valence-electron chi connectivity index (χ4n) is 2.07. The summed E-state index contributed by atoms with van der Waals surface area (Å²) in [5, 5.41) is 0.108. The second-order valence-electron chi connectivity index (χ2n) is 4.61. The Bertz CT molecular complexity index is 395. The zero-order valence-electron chi connectivity index (χ0n) is 10.2.